The Bertz CT molecular complexity index is 1230. The van der Waals surface area contributed by atoms with Crippen molar-refractivity contribution in [3.63, 3.8) is 0 Å². The molecule has 0 heterocycles. The van der Waals surface area contributed by atoms with Crippen molar-refractivity contribution in [1.29, 1.82) is 0 Å². The van der Waals surface area contributed by atoms with Crippen LogP contribution < -0.4 is 0 Å². The maximum absolute atomic E-state index is 12.8. The van der Waals surface area contributed by atoms with E-state index in [9.17, 15) is 19.5 Å². The van der Waals surface area contributed by atoms with Gasteiger partial charge in [-0.2, -0.15) is 0 Å². The number of carbonyl (C=O) groups excluding carboxylic acids is 2. The van der Waals surface area contributed by atoms with Gasteiger partial charge in [0.1, 0.15) is 6.61 Å². The molecule has 0 fully saturated rings. The van der Waals surface area contributed by atoms with E-state index >= 15 is 0 Å². The fraction of sp³-hybridized carbons (Fsp3) is 0.814. The Morgan fingerprint density at radius 1 is 0.463 bits per heavy atom. The molecule has 2 unspecified atom stereocenters. The van der Waals surface area contributed by atoms with Gasteiger partial charge in [0.2, 0.25) is 0 Å². The van der Waals surface area contributed by atoms with E-state index in [1.165, 1.54) is 154 Å². The Morgan fingerprint density at radius 3 is 1.24 bits per heavy atom. The standard InChI is InChI=1S/C59H107NO7/c1-6-8-10-12-14-16-18-20-22-24-26-28-30-31-33-35-37-39-41-43-45-47-49-57(61)66-54-55(53-65-52-51-56(59(63)64)60(3,4)5)67-58(62)50-48-46-44-42-40-38-36-34-32-29-27-25-23-21-19-17-15-13-11-9-7-2/h8,10,14,16,20,22,26,28,55-56H,6-7,9,11-13,15,17-19,21,23-25,27,29-54H2,1-5H3/p+1/b10-8+,16-14+,22-20+,28-26+. The number of carbonyl (C=O) groups is 3. The van der Waals surface area contributed by atoms with Crippen LogP contribution in [0.25, 0.3) is 0 Å². The average Bonchev–Trinajstić information content (AvgIpc) is 3.29. The number of hydrogen-bond acceptors (Lipinski definition) is 6. The molecule has 67 heavy (non-hydrogen) atoms. The average molecular weight is 944 g/mol. The lowest BCUT2D eigenvalue weighted by molar-refractivity contribution is -0.887. The lowest BCUT2D eigenvalue weighted by Crippen LogP contribution is -2.50. The van der Waals surface area contributed by atoms with Crippen LogP contribution in [0.5, 0.6) is 0 Å². The minimum Gasteiger partial charge on any atom is -0.477 e. The Hall–Kier alpha value is -2.71. The summed E-state index contributed by atoms with van der Waals surface area (Å²) < 4.78 is 17.4. The number of quaternary nitrogens is 1. The molecule has 390 valence electrons. The van der Waals surface area contributed by atoms with Crippen LogP contribution in [0.1, 0.15) is 258 Å². The third kappa shape index (κ3) is 48.1. The van der Waals surface area contributed by atoms with E-state index in [1.54, 1.807) is 0 Å². The highest BCUT2D eigenvalue weighted by molar-refractivity contribution is 5.72. The first kappa shape index (κ1) is 64.3. The molecule has 8 heteroatoms. The quantitative estimate of drug-likeness (QED) is 0.0281. The molecule has 2 atom stereocenters. The van der Waals surface area contributed by atoms with Crippen molar-refractivity contribution >= 4 is 17.9 Å². The molecule has 0 rings (SSSR count). The summed E-state index contributed by atoms with van der Waals surface area (Å²) in [6.07, 6.45) is 61.7. The highest BCUT2D eigenvalue weighted by Crippen LogP contribution is 2.17. The number of carboxylic acids is 1. The molecule has 0 aliphatic rings. The number of likely N-dealkylation sites (N-methyl/N-ethyl adjacent to an activating group) is 1. The summed E-state index contributed by atoms with van der Waals surface area (Å²) >= 11 is 0. The zero-order valence-electron chi connectivity index (χ0n) is 44.6. The molecule has 0 aromatic carbocycles. The van der Waals surface area contributed by atoms with Gasteiger partial charge < -0.3 is 23.8 Å². The van der Waals surface area contributed by atoms with E-state index in [0.29, 0.717) is 19.3 Å². The summed E-state index contributed by atoms with van der Waals surface area (Å²) in [5, 5.41) is 9.67. The van der Waals surface area contributed by atoms with E-state index in [0.717, 1.165) is 70.6 Å². The molecule has 0 aliphatic heterocycles. The van der Waals surface area contributed by atoms with Crippen molar-refractivity contribution in [2.45, 2.75) is 270 Å². The second-order valence-corrected chi connectivity index (χ2v) is 20.2. The van der Waals surface area contributed by atoms with Crippen LogP contribution in [0.3, 0.4) is 0 Å². The van der Waals surface area contributed by atoms with Crippen LogP contribution in [-0.2, 0) is 28.6 Å². The minimum absolute atomic E-state index is 0.0517. The van der Waals surface area contributed by atoms with E-state index in [1.807, 2.05) is 21.1 Å². The number of aliphatic carboxylic acids is 1. The molecule has 0 saturated heterocycles. The highest BCUT2D eigenvalue weighted by atomic mass is 16.6. The smallest absolute Gasteiger partial charge is 0.362 e. The van der Waals surface area contributed by atoms with Crippen LogP contribution in [0.4, 0.5) is 0 Å². The summed E-state index contributed by atoms with van der Waals surface area (Å²) in [6.45, 7) is 4.66. The van der Waals surface area contributed by atoms with Gasteiger partial charge in [0.15, 0.2) is 12.1 Å². The van der Waals surface area contributed by atoms with Crippen molar-refractivity contribution in [2.75, 3.05) is 41.0 Å². The Balaban J connectivity index is 4.17. The largest absolute Gasteiger partial charge is 0.477 e. The predicted octanol–water partition coefficient (Wildman–Crippen LogP) is 16.7. The maximum Gasteiger partial charge on any atom is 0.362 e. The molecule has 0 radical (unpaired) electrons. The van der Waals surface area contributed by atoms with Crippen molar-refractivity contribution < 1.29 is 38.2 Å². The van der Waals surface area contributed by atoms with E-state index < -0.39 is 18.1 Å². The summed E-state index contributed by atoms with van der Waals surface area (Å²) in [5.74, 6) is -1.46. The molecular formula is C59H108NO7+. The van der Waals surface area contributed by atoms with Gasteiger partial charge >= 0.3 is 17.9 Å². The monoisotopic (exact) mass is 943 g/mol. The second-order valence-electron chi connectivity index (χ2n) is 20.2. The number of ether oxygens (including phenoxy) is 3. The Kier molecular flexibility index (Phi) is 47.7. The third-order valence-corrected chi connectivity index (χ3v) is 12.7. The van der Waals surface area contributed by atoms with Crippen molar-refractivity contribution in [2.24, 2.45) is 0 Å². The van der Waals surface area contributed by atoms with Crippen LogP contribution in [0.2, 0.25) is 0 Å². The van der Waals surface area contributed by atoms with Crippen LogP contribution in [0.15, 0.2) is 48.6 Å². The first-order valence-corrected chi connectivity index (χ1v) is 28.2. The van der Waals surface area contributed by atoms with Crippen LogP contribution >= 0.6 is 0 Å². The first-order chi connectivity index (χ1) is 32.6. The van der Waals surface area contributed by atoms with E-state index in [4.69, 9.17) is 14.2 Å². The van der Waals surface area contributed by atoms with Gasteiger partial charge in [-0.1, -0.05) is 236 Å². The number of hydrogen-bond donors (Lipinski definition) is 1. The molecule has 0 aliphatic carbocycles. The molecule has 0 aromatic heterocycles. The summed E-state index contributed by atoms with van der Waals surface area (Å²) in [5.41, 5.74) is 0. The predicted molar refractivity (Wildman–Crippen MR) is 284 cm³/mol. The molecule has 1 N–H and O–H groups in total. The molecule has 0 aromatic rings. The Morgan fingerprint density at radius 2 is 0.836 bits per heavy atom. The topological polar surface area (TPSA) is 99.1 Å². The van der Waals surface area contributed by atoms with Crippen LogP contribution in [-0.4, -0.2) is 80.6 Å². The first-order valence-electron chi connectivity index (χ1n) is 28.2. The number of esters is 2. The SMILES string of the molecule is CC/C=C/C/C=C/C/C=C/C/C=C/CCCCCCCCCCCC(=O)OCC(COCCC(C(=O)O)[N+](C)(C)C)OC(=O)CCCCCCCCCCCCCCCCCCCCCCC. The van der Waals surface area contributed by atoms with Crippen molar-refractivity contribution in [1.82, 2.24) is 0 Å². The molecular weight excluding hydrogens is 835 g/mol. The number of unbranched alkanes of at least 4 members (excludes halogenated alkanes) is 29. The fourth-order valence-corrected chi connectivity index (χ4v) is 8.44. The second kappa shape index (κ2) is 49.7. The Labute approximate surface area is 414 Å². The molecule has 0 bridgehead atoms. The summed E-state index contributed by atoms with van der Waals surface area (Å²) in [7, 11) is 5.55. The van der Waals surface area contributed by atoms with E-state index in [2.05, 4.69) is 62.5 Å². The zero-order chi connectivity index (χ0) is 49.2. The molecule has 0 amide bonds. The molecule has 0 saturated carbocycles. The third-order valence-electron chi connectivity index (χ3n) is 12.7. The van der Waals surface area contributed by atoms with E-state index in [-0.39, 0.29) is 36.2 Å². The lowest BCUT2D eigenvalue weighted by Gasteiger charge is -2.31. The summed E-state index contributed by atoms with van der Waals surface area (Å²) in [4.78, 5) is 37.3. The number of allylic oxidation sites excluding steroid dienone is 8. The van der Waals surface area contributed by atoms with Gasteiger partial charge in [0.05, 0.1) is 34.4 Å². The number of rotatable bonds is 51. The fourth-order valence-electron chi connectivity index (χ4n) is 8.44. The van der Waals surface area contributed by atoms with Gasteiger partial charge in [-0.15, -0.1) is 0 Å². The number of carboxylic acid groups (broad SMARTS) is 1. The van der Waals surface area contributed by atoms with Gasteiger partial charge in [-0.3, -0.25) is 9.59 Å². The van der Waals surface area contributed by atoms with Crippen molar-refractivity contribution in [3.8, 4) is 0 Å². The number of nitrogens with zero attached hydrogens (tertiary/aromatic N) is 1. The normalized spacial score (nSPS) is 13.1. The maximum atomic E-state index is 12.8. The van der Waals surface area contributed by atoms with Gasteiger partial charge in [0, 0.05) is 19.3 Å². The lowest BCUT2D eigenvalue weighted by atomic mass is 10.0. The summed E-state index contributed by atoms with van der Waals surface area (Å²) in [6, 6.07) is -0.616. The van der Waals surface area contributed by atoms with Crippen LogP contribution in [0, 0.1) is 0 Å². The van der Waals surface area contributed by atoms with Crippen molar-refractivity contribution in [3.05, 3.63) is 48.6 Å². The molecule has 8 nitrogen and oxygen atoms in total. The van der Waals surface area contributed by atoms with Gasteiger partial charge in [-0.05, 0) is 51.4 Å². The van der Waals surface area contributed by atoms with Gasteiger partial charge in [0.25, 0.3) is 0 Å². The molecule has 0 spiro atoms. The zero-order valence-corrected chi connectivity index (χ0v) is 44.6. The highest BCUT2D eigenvalue weighted by Gasteiger charge is 2.31. The van der Waals surface area contributed by atoms with Gasteiger partial charge in [-0.25, -0.2) is 4.79 Å². The minimum atomic E-state index is -0.873.